The molecule has 1 heterocycles. The molecule has 0 saturated carbocycles. The summed E-state index contributed by atoms with van der Waals surface area (Å²) in [6, 6.07) is 11.2. The van der Waals surface area contributed by atoms with E-state index in [4.69, 9.17) is 16.3 Å². The van der Waals surface area contributed by atoms with Crippen molar-refractivity contribution in [3.05, 3.63) is 52.8 Å². The number of benzene rings is 2. The molecule has 0 atom stereocenters. The Morgan fingerprint density at radius 2 is 1.84 bits per heavy atom. The molecule has 0 fully saturated rings. The number of aromatic nitrogens is 4. The first-order valence-electron chi connectivity index (χ1n) is 10.3. The summed E-state index contributed by atoms with van der Waals surface area (Å²) in [4.78, 5) is 0. The third kappa shape index (κ3) is 6.94. The predicted molar refractivity (Wildman–Crippen MR) is 118 cm³/mol. The number of hydrogen-bond donors (Lipinski definition) is 1. The molecule has 0 aliphatic carbocycles. The zero-order valence-electron chi connectivity index (χ0n) is 18.7. The van der Waals surface area contributed by atoms with Gasteiger partial charge < -0.3 is 14.9 Å². The average Bonchev–Trinajstić information content (AvgIpc) is 3.27. The SMILES string of the molecule is CCc1cc(-c2ccc(Cl)cc2)c(O)cc1OCCCCCC(C)(C)c1nn[n-]n1.[Na+]. The van der Waals surface area contributed by atoms with Crippen LogP contribution in [-0.4, -0.2) is 27.1 Å². The zero-order valence-corrected chi connectivity index (χ0v) is 21.5. The van der Waals surface area contributed by atoms with E-state index in [0.29, 0.717) is 17.5 Å². The van der Waals surface area contributed by atoms with Crippen molar-refractivity contribution in [3.63, 3.8) is 0 Å². The number of tetrazole rings is 1. The topological polar surface area (TPSA) is 82.2 Å². The van der Waals surface area contributed by atoms with Gasteiger partial charge in [-0.2, -0.15) is 0 Å². The van der Waals surface area contributed by atoms with E-state index in [-0.39, 0.29) is 40.7 Å². The third-order valence-corrected chi connectivity index (χ3v) is 5.59. The third-order valence-electron chi connectivity index (χ3n) is 5.34. The van der Waals surface area contributed by atoms with Crippen LogP contribution in [0.15, 0.2) is 36.4 Å². The molecule has 3 aromatic rings. The van der Waals surface area contributed by atoms with Crippen molar-refractivity contribution >= 4 is 11.6 Å². The molecule has 0 aliphatic heterocycles. The van der Waals surface area contributed by atoms with Crippen molar-refractivity contribution in [2.75, 3.05) is 6.61 Å². The summed E-state index contributed by atoms with van der Waals surface area (Å²) in [5.41, 5.74) is 2.67. The monoisotopic (exact) mass is 450 g/mol. The first-order chi connectivity index (χ1) is 14.4. The minimum Gasteiger partial charge on any atom is -0.507 e. The van der Waals surface area contributed by atoms with E-state index < -0.39 is 0 Å². The number of aryl methyl sites for hydroxylation is 1. The molecule has 0 unspecified atom stereocenters. The molecule has 3 rings (SSSR count). The molecule has 2 aromatic carbocycles. The molecule has 1 aromatic heterocycles. The van der Waals surface area contributed by atoms with Gasteiger partial charge in [0.25, 0.3) is 0 Å². The second-order valence-electron chi connectivity index (χ2n) is 8.08. The fourth-order valence-electron chi connectivity index (χ4n) is 3.44. The van der Waals surface area contributed by atoms with Gasteiger partial charge in [0.15, 0.2) is 0 Å². The van der Waals surface area contributed by atoms with Gasteiger partial charge in [-0.3, -0.25) is 15.5 Å². The molecule has 1 N–H and O–H groups in total. The molecular formula is C23H28ClN4NaO2. The number of rotatable bonds is 10. The van der Waals surface area contributed by atoms with Crippen molar-refractivity contribution in [2.24, 2.45) is 0 Å². The van der Waals surface area contributed by atoms with Crippen LogP contribution >= 0.6 is 11.6 Å². The summed E-state index contributed by atoms with van der Waals surface area (Å²) >= 11 is 5.97. The van der Waals surface area contributed by atoms with Crippen molar-refractivity contribution in [3.8, 4) is 22.6 Å². The van der Waals surface area contributed by atoms with Crippen LogP contribution in [0.5, 0.6) is 11.5 Å². The van der Waals surface area contributed by atoms with Gasteiger partial charge in [0.1, 0.15) is 11.5 Å². The minimum absolute atomic E-state index is 0. The normalized spacial score (nSPS) is 11.2. The molecule has 8 heteroatoms. The molecule has 0 saturated heterocycles. The van der Waals surface area contributed by atoms with Gasteiger partial charge >= 0.3 is 29.6 Å². The van der Waals surface area contributed by atoms with Crippen LogP contribution in [0, 0.1) is 0 Å². The second kappa shape index (κ2) is 11.9. The molecular weight excluding hydrogens is 423 g/mol. The molecule has 160 valence electrons. The van der Waals surface area contributed by atoms with Gasteiger partial charge in [-0.25, -0.2) is 0 Å². The number of aromatic hydroxyl groups is 1. The Bertz CT molecular complexity index is 947. The average molecular weight is 451 g/mol. The summed E-state index contributed by atoms with van der Waals surface area (Å²) in [5, 5.41) is 26.3. The van der Waals surface area contributed by atoms with E-state index in [0.717, 1.165) is 54.5 Å². The summed E-state index contributed by atoms with van der Waals surface area (Å²) < 4.78 is 6.00. The van der Waals surface area contributed by atoms with Crippen LogP contribution in [0.4, 0.5) is 0 Å². The van der Waals surface area contributed by atoms with Crippen LogP contribution in [0.3, 0.4) is 0 Å². The van der Waals surface area contributed by atoms with Crippen LogP contribution in [0.1, 0.15) is 57.8 Å². The van der Waals surface area contributed by atoms with Crippen LogP contribution in [0.25, 0.3) is 11.1 Å². The van der Waals surface area contributed by atoms with Crippen LogP contribution < -0.4 is 39.5 Å². The van der Waals surface area contributed by atoms with Crippen LogP contribution in [-0.2, 0) is 11.8 Å². The number of phenols is 1. The fraction of sp³-hybridized carbons (Fsp3) is 0.435. The number of phenolic OH excluding ortho intramolecular Hbond substituents is 1. The van der Waals surface area contributed by atoms with Crippen molar-refractivity contribution in [1.29, 1.82) is 0 Å². The van der Waals surface area contributed by atoms with E-state index in [1.54, 1.807) is 6.07 Å². The molecule has 0 amide bonds. The van der Waals surface area contributed by atoms with Gasteiger partial charge in [-0.1, -0.05) is 57.3 Å². The first-order valence-corrected chi connectivity index (χ1v) is 10.7. The number of unbranched alkanes of at least 4 members (excludes halogenated alkanes) is 2. The van der Waals surface area contributed by atoms with Crippen molar-refractivity contribution < 1.29 is 39.4 Å². The molecule has 31 heavy (non-hydrogen) atoms. The quantitative estimate of drug-likeness (QED) is 0.377. The maximum atomic E-state index is 10.5. The minimum atomic E-state index is -0.122. The zero-order chi connectivity index (χ0) is 21.6. The Morgan fingerprint density at radius 3 is 2.48 bits per heavy atom. The van der Waals surface area contributed by atoms with Gasteiger partial charge in [-0.15, -0.1) is 0 Å². The Morgan fingerprint density at radius 1 is 1.10 bits per heavy atom. The van der Waals surface area contributed by atoms with Crippen LogP contribution in [0.2, 0.25) is 5.02 Å². The number of ether oxygens (including phenoxy) is 1. The van der Waals surface area contributed by atoms with E-state index in [1.807, 2.05) is 30.3 Å². The summed E-state index contributed by atoms with van der Waals surface area (Å²) in [6.45, 7) is 6.92. The van der Waals surface area contributed by atoms with Crippen molar-refractivity contribution in [2.45, 2.75) is 58.3 Å². The Labute approximate surface area is 211 Å². The van der Waals surface area contributed by atoms with E-state index in [2.05, 4.69) is 41.4 Å². The van der Waals surface area contributed by atoms with Gasteiger partial charge in [0, 0.05) is 27.9 Å². The largest absolute Gasteiger partial charge is 1.00 e. The molecule has 0 bridgehead atoms. The molecule has 0 spiro atoms. The van der Waals surface area contributed by atoms with E-state index in [9.17, 15) is 5.11 Å². The van der Waals surface area contributed by atoms with Crippen molar-refractivity contribution in [1.82, 2.24) is 20.6 Å². The molecule has 0 radical (unpaired) electrons. The smallest absolute Gasteiger partial charge is 0.507 e. The summed E-state index contributed by atoms with van der Waals surface area (Å²) in [7, 11) is 0. The Balaban J connectivity index is 0.00000341. The number of nitrogens with zero attached hydrogens (tertiary/aromatic N) is 4. The summed E-state index contributed by atoms with van der Waals surface area (Å²) in [6.07, 6.45) is 4.83. The second-order valence-corrected chi connectivity index (χ2v) is 8.52. The van der Waals surface area contributed by atoms with Gasteiger partial charge in [-0.05, 0) is 48.6 Å². The standard InChI is InChI=1S/C23H28ClN4O2.Na/c1-4-16-14-19(17-8-10-18(24)11-9-17)20(29)15-21(16)30-13-7-5-6-12-23(2,3)22-25-27-28-26-22;/h8-11,14-15H,4-7,12-13H2,1-3H3,(H-,25,26,27,28,29);/q-1;+1. The Kier molecular flexibility index (Phi) is 9.82. The van der Waals surface area contributed by atoms with E-state index >= 15 is 0 Å². The Hall–Kier alpha value is -1.60. The van der Waals surface area contributed by atoms with E-state index in [1.165, 1.54) is 0 Å². The maximum Gasteiger partial charge on any atom is 1.00 e. The maximum absolute atomic E-state index is 10.5. The first kappa shape index (κ1) is 25.7. The molecule has 6 nitrogen and oxygen atoms in total. The fourth-order valence-corrected chi connectivity index (χ4v) is 3.57. The predicted octanol–water partition coefficient (Wildman–Crippen LogP) is 2.34. The number of halogens is 1. The summed E-state index contributed by atoms with van der Waals surface area (Å²) in [5.74, 6) is 1.65. The number of hydrogen-bond acceptors (Lipinski definition) is 5. The molecule has 0 aliphatic rings. The van der Waals surface area contributed by atoms with Gasteiger partial charge in [0.05, 0.1) is 6.61 Å². The van der Waals surface area contributed by atoms with Gasteiger partial charge in [0.2, 0.25) is 0 Å².